The molecule has 1 aromatic carbocycles. The van der Waals surface area contributed by atoms with Gasteiger partial charge < -0.3 is 5.32 Å². The van der Waals surface area contributed by atoms with Gasteiger partial charge >= 0.3 is 6.18 Å². The third-order valence-corrected chi connectivity index (χ3v) is 3.13. The Bertz CT molecular complexity index is 611. The summed E-state index contributed by atoms with van der Waals surface area (Å²) in [6, 6.07) is 1.60. The highest BCUT2D eigenvalue weighted by molar-refractivity contribution is 6.37. The number of nitrogens with one attached hydrogen (secondary N) is 1. The van der Waals surface area contributed by atoms with Crippen LogP contribution >= 0.6 is 23.2 Å². The first-order chi connectivity index (χ1) is 10.1. The molecular formula is C13H15Cl2F3N4. The Morgan fingerprint density at radius 1 is 1.00 bits per heavy atom. The second-order valence-corrected chi connectivity index (χ2v) is 5.26. The Kier molecular flexibility index (Phi) is 6.22. The largest absolute Gasteiger partial charge is 0.416 e. The molecule has 122 valence electrons. The summed E-state index contributed by atoms with van der Waals surface area (Å²) in [5.41, 5.74) is 0.512. The number of hydrogen-bond acceptors (Lipinski definition) is 3. The molecule has 0 saturated heterocycles. The zero-order valence-corrected chi connectivity index (χ0v) is 13.9. The maximum absolute atomic E-state index is 12.6. The van der Waals surface area contributed by atoms with Gasteiger partial charge in [0.15, 0.2) is 0 Å². The molecular weight excluding hydrogens is 340 g/mol. The summed E-state index contributed by atoms with van der Waals surface area (Å²) < 4.78 is 37.8. The van der Waals surface area contributed by atoms with Crippen LogP contribution in [0.3, 0.4) is 0 Å². The third-order valence-electron chi connectivity index (χ3n) is 2.56. The number of halogens is 5. The average molecular weight is 355 g/mol. The van der Waals surface area contributed by atoms with Crippen LogP contribution in [0, 0.1) is 13.8 Å². The standard InChI is InChI=1S/C11H8Cl2F3N3.C2H7N/c1-5-6(2)18-19(17-5)10-8(12)3-7(4-9(10)13)11(14,15)16;1-3-2/h3-4H,1-2H3;3H,1-2H3. The molecule has 0 radical (unpaired) electrons. The molecule has 1 N–H and O–H groups in total. The van der Waals surface area contributed by atoms with Gasteiger partial charge in [-0.2, -0.15) is 23.4 Å². The van der Waals surface area contributed by atoms with Crippen LogP contribution in [0.4, 0.5) is 13.2 Å². The molecule has 1 aromatic heterocycles. The number of hydrogen-bond donors (Lipinski definition) is 1. The maximum Gasteiger partial charge on any atom is 0.416 e. The highest BCUT2D eigenvalue weighted by Crippen LogP contribution is 2.37. The predicted molar refractivity (Wildman–Crippen MR) is 80.8 cm³/mol. The lowest BCUT2D eigenvalue weighted by atomic mass is 10.2. The van der Waals surface area contributed by atoms with Crippen LogP contribution in [0.1, 0.15) is 17.0 Å². The topological polar surface area (TPSA) is 42.7 Å². The molecule has 0 fully saturated rings. The molecule has 4 nitrogen and oxygen atoms in total. The molecule has 2 rings (SSSR count). The lowest BCUT2D eigenvalue weighted by Crippen LogP contribution is -2.08. The van der Waals surface area contributed by atoms with Gasteiger partial charge in [0.25, 0.3) is 0 Å². The SMILES string of the molecule is CNC.Cc1nn(-c2c(Cl)cc(C(F)(F)F)cc2Cl)nc1C. The van der Waals surface area contributed by atoms with Crippen molar-refractivity contribution in [2.24, 2.45) is 0 Å². The minimum atomic E-state index is -4.50. The summed E-state index contributed by atoms with van der Waals surface area (Å²) in [5, 5.41) is 10.5. The van der Waals surface area contributed by atoms with E-state index in [0.717, 1.165) is 16.9 Å². The van der Waals surface area contributed by atoms with Crippen LogP contribution < -0.4 is 5.32 Å². The van der Waals surface area contributed by atoms with Crippen molar-refractivity contribution in [3.8, 4) is 5.69 Å². The molecule has 0 atom stereocenters. The van der Waals surface area contributed by atoms with E-state index in [1.807, 2.05) is 14.1 Å². The minimum Gasteiger partial charge on any atom is -0.323 e. The predicted octanol–water partition coefficient (Wildman–Crippen LogP) is 4.05. The van der Waals surface area contributed by atoms with E-state index in [-0.39, 0.29) is 15.7 Å². The molecule has 0 spiro atoms. The smallest absolute Gasteiger partial charge is 0.323 e. The zero-order valence-electron chi connectivity index (χ0n) is 12.4. The summed E-state index contributed by atoms with van der Waals surface area (Å²) in [6.45, 7) is 3.45. The molecule has 0 aliphatic heterocycles. The van der Waals surface area contributed by atoms with Crippen molar-refractivity contribution in [1.82, 2.24) is 20.3 Å². The zero-order chi connectivity index (χ0) is 17.1. The Hall–Kier alpha value is -1.31. The van der Waals surface area contributed by atoms with Crippen molar-refractivity contribution < 1.29 is 13.2 Å². The first-order valence-corrected chi connectivity index (χ1v) is 6.93. The van der Waals surface area contributed by atoms with E-state index in [2.05, 4.69) is 15.5 Å². The first-order valence-electron chi connectivity index (χ1n) is 6.17. The highest BCUT2D eigenvalue weighted by Gasteiger charge is 2.32. The van der Waals surface area contributed by atoms with Crippen molar-refractivity contribution in [3.05, 3.63) is 39.1 Å². The lowest BCUT2D eigenvalue weighted by molar-refractivity contribution is -0.137. The van der Waals surface area contributed by atoms with Crippen LogP contribution in [0.15, 0.2) is 12.1 Å². The fourth-order valence-electron chi connectivity index (χ4n) is 1.47. The molecule has 0 amide bonds. The molecule has 2 aromatic rings. The van der Waals surface area contributed by atoms with Gasteiger partial charge in [0.1, 0.15) is 5.69 Å². The Morgan fingerprint density at radius 3 is 1.68 bits per heavy atom. The second kappa shape index (κ2) is 7.30. The van der Waals surface area contributed by atoms with Gasteiger partial charge in [0.2, 0.25) is 0 Å². The number of aryl methyl sites for hydroxylation is 2. The van der Waals surface area contributed by atoms with Gasteiger partial charge in [-0.25, -0.2) is 0 Å². The molecule has 0 aliphatic carbocycles. The number of rotatable bonds is 1. The summed E-state index contributed by atoms with van der Waals surface area (Å²) >= 11 is 11.7. The Morgan fingerprint density at radius 2 is 1.36 bits per heavy atom. The van der Waals surface area contributed by atoms with Gasteiger partial charge in [-0.15, -0.1) is 4.80 Å². The van der Waals surface area contributed by atoms with Crippen molar-refractivity contribution in [2.75, 3.05) is 14.1 Å². The number of benzene rings is 1. The Labute approximate surface area is 136 Å². The van der Waals surface area contributed by atoms with Gasteiger partial charge in [-0.05, 0) is 40.1 Å². The van der Waals surface area contributed by atoms with Crippen LogP contribution in [0.25, 0.3) is 5.69 Å². The van der Waals surface area contributed by atoms with Gasteiger partial charge in [-0.3, -0.25) is 0 Å². The van der Waals surface area contributed by atoms with Crippen molar-refractivity contribution in [2.45, 2.75) is 20.0 Å². The molecule has 22 heavy (non-hydrogen) atoms. The molecule has 9 heteroatoms. The Balaban J connectivity index is 0.000000745. The number of nitrogens with zero attached hydrogens (tertiary/aromatic N) is 3. The van der Waals surface area contributed by atoms with Crippen LogP contribution in [-0.2, 0) is 6.18 Å². The van der Waals surface area contributed by atoms with Gasteiger partial charge in [0.05, 0.1) is 27.0 Å². The average Bonchev–Trinajstić information content (AvgIpc) is 2.68. The van der Waals surface area contributed by atoms with E-state index in [4.69, 9.17) is 23.2 Å². The van der Waals surface area contributed by atoms with E-state index in [1.54, 1.807) is 13.8 Å². The van der Waals surface area contributed by atoms with Crippen LogP contribution in [-0.4, -0.2) is 29.1 Å². The van der Waals surface area contributed by atoms with Crippen LogP contribution in [0.2, 0.25) is 10.0 Å². The molecule has 0 bridgehead atoms. The van der Waals surface area contributed by atoms with Crippen molar-refractivity contribution >= 4 is 23.2 Å². The summed E-state index contributed by atoms with van der Waals surface area (Å²) in [7, 11) is 3.75. The highest BCUT2D eigenvalue weighted by atomic mass is 35.5. The van der Waals surface area contributed by atoms with E-state index < -0.39 is 11.7 Å². The fraction of sp³-hybridized carbons (Fsp3) is 0.385. The second-order valence-electron chi connectivity index (χ2n) is 4.45. The molecule has 0 aliphatic rings. The van der Waals surface area contributed by atoms with E-state index in [1.165, 1.54) is 0 Å². The van der Waals surface area contributed by atoms with Crippen LogP contribution in [0.5, 0.6) is 0 Å². The van der Waals surface area contributed by atoms with Crippen molar-refractivity contribution in [1.29, 1.82) is 0 Å². The minimum absolute atomic E-state index is 0.132. The van der Waals surface area contributed by atoms with Gasteiger partial charge in [-0.1, -0.05) is 23.2 Å². The summed E-state index contributed by atoms with van der Waals surface area (Å²) in [6.07, 6.45) is -4.50. The van der Waals surface area contributed by atoms with E-state index >= 15 is 0 Å². The molecule has 0 saturated carbocycles. The fourth-order valence-corrected chi connectivity index (χ4v) is 2.11. The number of aromatic nitrogens is 3. The first kappa shape index (κ1) is 18.7. The van der Waals surface area contributed by atoms with Gasteiger partial charge in [0, 0.05) is 0 Å². The normalized spacial score (nSPS) is 11.1. The third kappa shape index (κ3) is 4.34. The lowest BCUT2D eigenvalue weighted by Gasteiger charge is -2.11. The summed E-state index contributed by atoms with van der Waals surface area (Å²) in [4.78, 5) is 1.13. The molecule has 0 unspecified atom stereocenters. The van der Waals surface area contributed by atoms with Crippen molar-refractivity contribution in [3.63, 3.8) is 0 Å². The van der Waals surface area contributed by atoms with E-state index in [9.17, 15) is 13.2 Å². The number of alkyl halides is 3. The monoisotopic (exact) mass is 354 g/mol. The maximum atomic E-state index is 12.6. The quantitative estimate of drug-likeness (QED) is 0.840. The summed E-state index contributed by atoms with van der Waals surface area (Å²) in [5.74, 6) is 0. The molecule has 1 heterocycles. The van der Waals surface area contributed by atoms with E-state index in [0.29, 0.717) is 11.4 Å².